The zero-order valence-corrected chi connectivity index (χ0v) is 11.6. The predicted molar refractivity (Wildman–Crippen MR) is 74.1 cm³/mol. The molecule has 0 aliphatic heterocycles. The lowest BCUT2D eigenvalue weighted by atomic mass is 10.2. The maximum absolute atomic E-state index is 13.4. The Hall–Kier alpha value is -1.99. The lowest BCUT2D eigenvalue weighted by Crippen LogP contribution is -2.26. The van der Waals surface area contributed by atoms with Crippen molar-refractivity contribution >= 4 is 15.7 Å². The third-order valence-corrected chi connectivity index (χ3v) is 4.69. The molecular formula is C13H14FN3O2S. The van der Waals surface area contributed by atoms with E-state index in [4.69, 9.17) is 5.73 Å². The van der Waals surface area contributed by atoms with Crippen molar-refractivity contribution in [3.63, 3.8) is 0 Å². The average Bonchev–Trinajstić information content (AvgIpc) is 2.47. The summed E-state index contributed by atoms with van der Waals surface area (Å²) in [6.07, 6.45) is 2.99. The second-order valence-electron chi connectivity index (χ2n) is 4.14. The third-order valence-electron chi connectivity index (χ3n) is 2.91. The molecule has 1 heterocycles. The molecule has 0 atom stereocenters. The lowest BCUT2D eigenvalue weighted by molar-refractivity contribution is 0.590. The van der Waals surface area contributed by atoms with E-state index in [2.05, 4.69) is 4.98 Å². The summed E-state index contributed by atoms with van der Waals surface area (Å²) in [4.78, 5) is 3.87. The van der Waals surface area contributed by atoms with E-state index in [-0.39, 0.29) is 17.0 Å². The Bertz CT molecular complexity index is 705. The van der Waals surface area contributed by atoms with Crippen LogP contribution in [0.1, 0.15) is 5.56 Å². The van der Waals surface area contributed by atoms with Crippen LogP contribution in [-0.2, 0) is 16.6 Å². The monoisotopic (exact) mass is 295 g/mol. The van der Waals surface area contributed by atoms with Gasteiger partial charge in [0.25, 0.3) is 10.0 Å². The predicted octanol–water partition coefficient (Wildman–Crippen LogP) is 1.50. The highest BCUT2D eigenvalue weighted by molar-refractivity contribution is 7.92. The van der Waals surface area contributed by atoms with Gasteiger partial charge in [-0.05, 0) is 30.3 Å². The van der Waals surface area contributed by atoms with Crippen molar-refractivity contribution in [3.8, 4) is 0 Å². The summed E-state index contributed by atoms with van der Waals surface area (Å²) < 4.78 is 39.4. The van der Waals surface area contributed by atoms with Crippen LogP contribution in [0.15, 0.2) is 47.6 Å². The Morgan fingerprint density at radius 2 is 2.10 bits per heavy atom. The minimum atomic E-state index is -3.77. The molecule has 0 radical (unpaired) electrons. The minimum absolute atomic E-state index is 0.00861. The highest BCUT2D eigenvalue weighted by Gasteiger charge is 2.22. The highest BCUT2D eigenvalue weighted by Crippen LogP contribution is 2.22. The van der Waals surface area contributed by atoms with Crippen molar-refractivity contribution in [2.45, 2.75) is 11.4 Å². The lowest BCUT2D eigenvalue weighted by Gasteiger charge is -2.19. The maximum atomic E-state index is 13.4. The summed E-state index contributed by atoms with van der Waals surface area (Å²) in [5.74, 6) is -0.518. The first-order valence-corrected chi connectivity index (χ1v) is 7.28. The number of nitrogens with two attached hydrogens (primary N) is 1. The van der Waals surface area contributed by atoms with Crippen LogP contribution >= 0.6 is 0 Å². The Kier molecular flexibility index (Phi) is 4.01. The summed E-state index contributed by atoms with van der Waals surface area (Å²) in [6.45, 7) is -0.0637. The number of hydrogen-bond donors (Lipinski definition) is 1. The Labute approximate surface area is 116 Å². The Balaban J connectivity index is 2.45. The molecular weight excluding hydrogens is 281 g/mol. The molecule has 0 aliphatic carbocycles. The second kappa shape index (κ2) is 5.56. The van der Waals surface area contributed by atoms with Crippen molar-refractivity contribution in [1.82, 2.24) is 4.98 Å². The van der Waals surface area contributed by atoms with Gasteiger partial charge in [-0.15, -0.1) is 0 Å². The molecule has 2 rings (SSSR count). The molecule has 106 valence electrons. The van der Waals surface area contributed by atoms with Gasteiger partial charge in [-0.25, -0.2) is 12.8 Å². The van der Waals surface area contributed by atoms with Gasteiger partial charge in [0, 0.05) is 25.4 Å². The second-order valence-corrected chi connectivity index (χ2v) is 6.11. The molecule has 7 heteroatoms. The van der Waals surface area contributed by atoms with Crippen LogP contribution in [0.3, 0.4) is 0 Å². The first-order chi connectivity index (χ1) is 9.46. The van der Waals surface area contributed by atoms with Gasteiger partial charge < -0.3 is 5.73 Å². The standard InChI is InChI=1S/C13H14FN3O2S/c1-17(11-3-2-6-16-9-11)20(18,19)12-4-5-13(14)10(7-12)8-15/h2-7,9H,8,15H2,1H3. The SMILES string of the molecule is CN(c1cccnc1)S(=O)(=O)c1ccc(F)c(CN)c1. The first kappa shape index (κ1) is 14.4. The Morgan fingerprint density at radius 3 is 2.70 bits per heavy atom. The van der Waals surface area contributed by atoms with Crippen molar-refractivity contribution < 1.29 is 12.8 Å². The van der Waals surface area contributed by atoms with Gasteiger partial charge >= 0.3 is 0 Å². The van der Waals surface area contributed by atoms with E-state index in [1.165, 1.54) is 25.4 Å². The van der Waals surface area contributed by atoms with E-state index in [0.29, 0.717) is 5.69 Å². The van der Waals surface area contributed by atoms with Crippen molar-refractivity contribution in [3.05, 3.63) is 54.1 Å². The highest BCUT2D eigenvalue weighted by atomic mass is 32.2. The summed E-state index contributed by atoms with van der Waals surface area (Å²) in [5.41, 5.74) is 5.97. The van der Waals surface area contributed by atoms with E-state index in [1.807, 2.05) is 0 Å². The number of pyridine rings is 1. The molecule has 1 aromatic carbocycles. The molecule has 0 saturated heterocycles. The molecule has 0 bridgehead atoms. The Morgan fingerprint density at radius 1 is 1.35 bits per heavy atom. The van der Waals surface area contributed by atoms with E-state index in [9.17, 15) is 12.8 Å². The van der Waals surface area contributed by atoms with Gasteiger partial charge in [0.15, 0.2) is 0 Å². The number of anilines is 1. The van der Waals surface area contributed by atoms with Crippen molar-refractivity contribution in [2.75, 3.05) is 11.4 Å². The zero-order chi connectivity index (χ0) is 14.8. The molecule has 2 aromatic rings. The average molecular weight is 295 g/mol. The van der Waals surface area contributed by atoms with E-state index >= 15 is 0 Å². The fourth-order valence-corrected chi connectivity index (χ4v) is 2.94. The first-order valence-electron chi connectivity index (χ1n) is 5.84. The maximum Gasteiger partial charge on any atom is 0.264 e. The molecule has 0 fully saturated rings. The van der Waals surface area contributed by atoms with Gasteiger partial charge in [-0.1, -0.05) is 0 Å². The number of nitrogens with zero attached hydrogens (tertiary/aromatic N) is 2. The van der Waals surface area contributed by atoms with Crippen LogP contribution in [0.2, 0.25) is 0 Å². The van der Waals surface area contributed by atoms with Crippen LogP contribution in [-0.4, -0.2) is 20.4 Å². The molecule has 20 heavy (non-hydrogen) atoms. The number of rotatable bonds is 4. The molecule has 0 saturated carbocycles. The summed E-state index contributed by atoms with van der Waals surface area (Å²) in [7, 11) is -2.36. The fourth-order valence-electron chi connectivity index (χ4n) is 1.70. The van der Waals surface area contributed by atoms with Gasteiger partial charge in [-0.3, -0.25) is 9.29 Å². The summed E-state index contributed by atoms with van der Waals surface area (Å²) in [6, 6.07) is 6.83. The number of hydrogen-bond acceptors (Lipinski definition) is 4. The zero-order valence-electron chi connectivity index (χ0n) is 10.8. The smallest absolute Gasteiger partial charge is 0.264 e. The van der Waals surface area contributed by atoms with Crippen molar-refractivity contribution in [2.24, 2.45) is 5.73 Å². The molecule has 0 aliphatic rings. The van der Waals surface area contributed by atoms with Crippen LogP contribution in [0.25, 0.3) is 0 Å². The minimum Gasteiger partial charge on any atom is -0.326 e. The molecule has 0 unspecified atom stereocenters. The molecule has 1 aromatic heterocycles. The van der Waals surface area contributed by atoms with Crippen molar-refractivity contribution in [1.29, 1.82) is 0 Å². The fraction of sp³-hybridized carbons (Fsp3) is 0.154. The quantitative estimate of drug-likeness (QED) is 0.927. The van der Waals surface area contributed by atoms with Gasteiger partial charge in [0.1, 0.15) is 5.82 Å². The van der Waals surface area contributed by atoms with Gasteiger partial charge in [0.2, 0.25) is 0 Å². The number of halogens is 1. The normalized spacial score (nSPS) is 11.3. The third kappa shape index (κ3) is 2.63. The number of aromatic nitrogens is 1. The van der Waals surface area contributed by atoms with E-state index in [0.717, 1.165) is 10.4 Å². The summed E-state index contributed by atoms with van der Waals surface area (Å²) >= 11 is 0. The van der Waals surface area contributed by atoms with Gasteiger partial charge in [0.05, 0.1) is 16.8 Å². The summed E-state index contributed by atoms with van der Waals surface area (Å²) in [5, 5.41) is 0. The largest absolute Gasteiger partial charge is 0.326 e. The molecule has 0 spiro atoms. The van der Waals surface area contributed by atoms with Crippen LogP contribution in [0.4, 0.5) is 10.1 Å². The topological polar surface area (TPSA) is 76.3 Å². The number of sulfonamides is 1. The van der Waals surface area contributed by atoms with E-state index in [1.54, 1.807) is 18.3 Å². The molecule has 5 nitrogen and oxygen atoms in total. The van der Waals surface area contributed by atoms with Crippen LogP contribution < -0.4 is 10.0 Å². The molecule has 0 amide bonds. The van der Waals surface area contributed by atoms with Crippen LogP contribution in [0, 0.1) is 5.82 Å². The van der Waals surface area contributed by atoms with Gasteiger partial charge in [-0.2, -0.15) is 0 Å². The van der Waals surface area contributed by atoms with E-state index < -0.39 is 15.8 Å². The van der Waals surface area contributed by atoms with Crippen LogP contribution in [0.5, 0.6) is 0 Å². The number of benzene rings is 1. The molecule has 2 N–H and O–H groups in total.